The molecule has 204 valence electrons. The minimum atomic E-state index is -4.58. The highest BCUT2D eigenvalue weighted by Gasteiger charge is 2.51. The van der Waals surface area contributed by atoms with Gasteiger partial charge in [-0.05, 0) is 18.9 Å². The Morgan fingerprint density at radius 1 is 0.974 bits per heavy atom. The van der Waals surface area contributed by atoms with Gasteiger partial charge in [0.15, 0.2) is 29.0 Å². The lowest BCUT2D eigenvalue weighted by molar-refractivity contribution is -0.193. The summed E-state index contributed by atoms with van der Waals surface area (Å²) in [4.78, 5) is 38.3. The van der Waals surface area contributed by atoms with Gasteiger partial charge < -0.3 is 14.4 Å². The normalized spacial score (nSPS) is 17.2. The maximum Gasteiger partial charge on any atom is 0.482 e. The first-order valence-corrected chi connectivity index (χ1v) is 10.9. The van der Waals surface area contributed by atoms with Crippen molar-refractivity contribution in [2.24, 2.45) is 5.92 Å². The zero-order chi connectivity index (χ0) is 28.1. The van der Waals surface area contributed by atoms with Crippen molar-refractivity contribution in [2.75, 3.05) is 31.6 Å². The monoisotopic (exact) mass is 552 g/mol. The molecule has 2 heterocycles. The van der Waals surface area contributed by atoms with Gasteiger partial charge in [-0.1, -0.05) is 0 Å². The van der Waals surface area contributed by atoms with Crippen LogP contribution in [0.15, 0.2) is 12.1 Å². The smallest absolute Gasteiger partial charge is 0.469 e. The van der Waals surface area contributed by atoms with Gasteiger partial charge in [0.05, 0.1) is 24.3 Å². The number of anilines is 1. The molecule has 2 aliphatic rings. The second kappa shape index (κ2) is 9.76. The Kier molecular flexibility index (Phi) is 6.97. The van der Waals surface area contributed by atoms with Crippen molar-refractivity contribution in [1.29, 1.82) is 0 Å². The predicted molar refractivity (Wildman–Crippen MR) is 111 cm³/mol. The molecule has 0 unspecified atom stereocenters. The number of hydrogen-bond donors (Lipinski definition) is 0. The van der Waals surface area contributed by atoms with E-state index in [0.29, 0.717) is 6.07 Å². The summed E-state index contributed by atoms with van der Waals surface area (Å²) in [5.41, 5.74) is -3.77. The Morgan fingerprint density at radius 2 is 1.53 bits per heavy atom. The Bertz CT molecular complexity index is 1310. The van der Waals surface area contributed by atoms with Crippen molar-refractivity contribution >= 4 is 23.5 Å². The molecule has 0 saturated carbocycles. The van der Waals surface area contributed by atoms with Crippen molar-refractivity contribution in [2.45, 2.75) is 19.0 Å². The fourth-order valence-corrected chi connectivity index (χ4v) is 4.24. The molecule has 38 heavy (non-hydrogen) atoms. The predicted octanol–water partition coefficient (Wildman–Crippen LogP) is 3.92. The number of amides is 2. The van der Waals surface area contributed by atoms with E-state index in [0.717, 1.165) is 4.90 Å². The number of carbonyl (C=O) groups is 3. The molecule has 0 atom stereocenters. The van der Waals surface area contributed by atoms with Gasteiger partial charge in [-0.3, -0.25) is 19.3 Å². The van der Waals surface area contributed by atoms with E-state index >= 15 is 0 Å². The van der Waals surface area contributed by atoms with E-state index in [-0.39, 0.29) is 36.9 Å². The third-order valence-electron chi connectivity index (χ3n) is 6.23. The van der Waals surface area contributed by atoms with Crippen LogP contribution in [-0.2, 0) is 19.1 Å². The van der Waals surface area contributed by atoms with E-state index in [1.54, 1.807) is 0 Å². The largest absolute Gasteiger partial charge is 0.482 e. The summed E-state index contributed by atoms with van der Waals surface area (Å²) in [5.74, 6) is -18.9. The number of ether oxygens (including phenoxy) is 2. The van der Waals surface area contributed by atoms with Crippen molar-refractivity contribution in [3.8, 4) is 16.9 Å². The average Bonchev–Trinajstić information content (AvgIpc) is 2.89. The summed E-state index contributed by atoms with van der Waals surface area (Å²) in [5, 5.41) is 0. The molecule has 0 aromatic heterocycles. The highest BCUT2D eigenvalue weighted by atomic mass is 19.3. The Hall–Kier alpha value is -3.91. The van der Waals surface area contributed by atoms with E-state index in [4.69, 9.17) is 0 Å². The van der Waals surface area contributed by atoms with E-state index in [1.807, 2.05) is 0 Å². The summed E-state index contributed by atoms with van der Waals surface area (Å²) in [6.07, 6.45) is -4.22. The number of halogens is 8. The Labute approximate surface area is 208 Å². The molecule has 7 nitrogen and oxygen atoms in total. The summed E-state index contributed by atoms with van der Waals surface area (Å²) in [6, 6.07) is 0.537. The second-order valence-electron chi connectivity index (χ2n) is 8.43. The van der Waals surface area contributed by atoms with Gasteiger partial charge in [-0.2, -0.15) is 8.78 Å². The Balaban J connectivity index is 1.73. The minimum Gasteiger partial charge on any atom is -0.469 e. The third-order valence-corrected chi connectivity index (χ3v) is 6.23. The van der Waals surface area contributed by atoms with Gasteiger partial charge in [0.2, 0.25) is 11.7 Å². The molecule has 1 fully saturated rings. The van der Waals surface area contributed by atoms with Gasteiger partial charge in [0, 0.05) is 24.7 Å². The lowest BCUT2D eigenvalue weighted by Crippen LogP contribution is -2.54. The molecule has 2 aromatic carbocycles. The van der Waals surface area contributed by atoms with Crippen LogP contribution in [0.5, 0.6) is 5.75 Å². The molecule has 0 N–H and O–H groups in total. The zero-order valence-corrected chi connectivity index (χ0v) is 19.2. The molecular weight excluding hydrogens is 536 g/mol. The summed E-state index contributed by atoms with van der Waals surface area (Å²) in [7, 11) is 1.19. The number of fused-ring (bicyclic) bond motifs is 1. The second-order valence-corrected chi connectivity index (χ2v) is 8.43. The van der Waals surface area contributed by atoms with Gasteiger partial charge in [-0.15, -0.1) is 0 Å². The Morgan fingerprint density at radius 3 is 2.08 bits per heavy atom. The standard InChI is InChI=1S/C23H16F8N2O5/c1-37-21(35)9-2-4-32(5-3-9)14(34)8-33-12-6-10(11(24)7-13(12)38-23(30,31)22(33)36)15-16(25)18(27)20(29)19(28)17(15)26/h6-7,9H,2-5,8H2,1H3. The molecule has 0 radical (unpaired) electrons. The molecule has 2 aromatic rings. The molecule has 0 aliphatic carbocycles. The SMILES string of the molecule is COC(=O)C1CCN(C(=O)CN2C(=O)C(F)(F)Oc3cc(F)c(-c4c(F)c(F)c(F)c(F)c4F)cc32)CC1. The van der Waals surface area contributed by atoms with Crippen LogP contribution in [0.2, 0.25) is 0 Å². The molecular formula is C23H16F8N2O5. The fraction of sp³-hybridized carbons (Fsp3) is 0.348. The van der Waals surface area contributed by atoms with Crippen LogP contribution < -0.4 is 9.64 Å². The quantitative estimate of drug-likeness (QED) is 0.249. The summed E-state index contributed by atoms with van der Waals surface area (Å²) in [6.45, 7) is -1.07. The van der Waals surface area contributed by atoms with E-state index < -0.39 is 93.8 Å². The van der Waals surface area contributed by atoms with E-state index in [2.05, 4.69) is 9.47 Å². The first-order valence-electron chi connectivity index (χ1n) is 10.9. The first-order chi connectivity index (χ1) is 17.8. The number of piperidine rings is 1. The maximum atomic E-state index is 14.7. The summed E-state index contributed by atoms with van der Waals surface area (Å²) >= 11 is 0. The topological polar surface area (TPSA) is 76.2 Å². The third kappa shape index (κ3) is 4.49. The number of likely N-dealkylation sites (tertiary alicyclic amines) is 1. The lowest BCUT2D eigenvalue weighted by atomic mass is 9.97. The molecule has 4 rings (SSSR count). The highest BCUT2D eigenvalue weighted by Crippen LogP contribution is 2.44. The van der Waals surface area contributed by atoms with Crippen LogP contribution in [0.3, 0.4) is 0 Å². The van der Waals surface area contributed by atoms with Crippen molar-refractivity contribution in [3.05, 3.63) is 47.0 Å². The number of rotatable bonds is 4. The number of benzene rings is 2. The first kappa shape index (κ1) is 27.1. The van der Waals surface area contributed by atoms with Gasteiger partial charge in [0.1, 0.15) is 12.4 Å². The zero-order valence-electron chi connectivity index (χ0n) is 19.2. The lowest BCUT2D eigenvalue weighted by Gasteiger charge is -2.36. The molecule has 0 spiro atoms. The molecule has 2 amide bonds. The van der Waals surface area contributed by atoms with Gasteiger partial charge >= 0.3 is 18.0 Å². The molecule has 15 heteroatoms. The van der Waals surface area contributed by atoms with Crippen LogP contribution in [0, 0.1) is 40.8 Å². The maximum absolute atomic E-state index is 14.7. The van der Waals surface area contributed by atoms with E-state index in [1.165, 1.54) is 7.11 Å². The number of carbonyl (C=O) groups excluding carboxylic acids is 3. The van der Waals surface area contributed by atoms with Gasteiger partial charge in [-0.25, -0.2) is 26.3 Å². The number of nitrogens with zero attached hydrogens (tertiary/aromatic N) is 2. The van der Waals surface area contributed by atoms with Crippen LogP contribution in [0.4, 0.5) is 40.8 Å². The highest BCUT2D eigenvalue weighted by molar-refractivity contribution is 6.05. The number of alkyl halides is 2. The van der Waals surface area contributed by atoms with Gasteiger partial charge in [0.25, 0.3) is 0 Å². The van der Waals surface area contributed by atoms with Crippen molar-refractivity contribution in [3.63, 3.8) is 0 Å². The van der Waals surface area contributed by atoms with E-state index in [9.17, 15) is 49.5 Å². The van der Waals surface area contributed by atoms with Crippen LogP contribution in [0.25, 0.3) is 11.1 Å². The number of hydrogen-bond acceptors (Lipinski definition) is 5. The van der Waals surface area contributed by atoms with Crippen LogP contribution in [0.1, 0.15) is 12.8 Å². The van der Waals surface area contributed by atoms with Crippen molar-refractivity contribution in [1.82, 2.24) is 4.90 Å². The van der Waals surface area contributed by atoms with Crippen molar-refractivity contribution < 1.29 is 59.0 Å². The van der Waals surface area contributed by atoms with Crippen LogP contribution >= 0.6 is 0 Å². The van der Waals surface area contributed by atoms with Crippen LogP contribution in [-0.4, -0.2) is 55.5 Å². The molecule has 0 bridgehead atoms. The summed E-state index contributed by atoms with van der Waals surface area (Å²) < 4.78 is 122. The minimum absolute atomic E-state index is 0.000393. The number of methoxy groups -OCH3 is 1. The number of esters is 1. The molecule has 2 aliphatic heterocycles. The molecule has 1 saturated heterocycles. The average molecular weight is 552 g/mol. The fourth-order valence-electron chi connectivity index (χ4n) is 4.24.